The van der Waals surface area contributed by atoms with E-state index in [1.54, 1.807) is 18.5 Å². The molecule has 1 aromatic heterocycles. The number of amides is 1. The van der Waals surface area contributed by atoms with Gasteiger partial charge in [-0.15, -0.1) is 10.2 Å². The van der Waals surface area contributed by atoms with E-state index < -0.39 is 0 Å². The molecule has 5 nitrogen and oxygen atoms in total. The molecule has 2 rings (SSSR count). The molecule has 0 radical (unpaired) electrons. The van der Waals surface area contributed by atoms with Gasteiger partial charge in [-0.2, -0.15) is 0 Å². The number of nitrogens with one attached hydrogen (secondary N) is 1. The Bertz CT molecular complexity index is 675. The molecule has 0 spiro atoms. The van der Waals surface area contributed by atoms with Crippen molar-refractivity contribution in [2.75, 3.05) is 12.3 Å². The predicted molar refractivity (Wildman–Crippen MR) is 94.3 cm³/mol. The van der Waals surface area contributed by atoms with Gasteiger partial charge >= 0.3 is 0 Å². The van der Waals surface area contributed by atoms with Gasteiger partial charge in [0.2, 0.25) is 5.91 Å². The molecule has 23 heavy (non-hydrogen) atoms. The minimum Gasteiger partial charge on any atom is -0.355 e. The summed E-state index contributed by atoms with van der Waals surface area (Å²) in [4.78, 5) is 11.9. The van der Waals surface area contributed by atoms with Crippen LogP contribution in [-0.4, -0.2) is 33.0 Å². The van der Waals surface area contributed by atoms with E-state index in [0.717, 1.165) is 10.7 Å². The van der Waals surface area contributed by atoms with Crippen LogP contribution >= 0.6 is 35.0 Å². The molecule has 1 heterocycles. The van der Waals surface area contributed by atoms with Crippen molar-refractivity contribution in [3.05, 3.63) is 40.1 Å². The molecular weight excluding hydrogens is 355 g/mol. The maximum absolute atomic E-state index is 11.9. The van der Waals surface area contributed by atoms with Crippen molar-refractivity contribution in [3.8, 4) is 0 Å². The van der Waals surface area contributed by atoms with E-state index in [1.807, 2.05) is 24.5 Å². The van der Waals surface area contributed by atoms with Crippen LogP contribution in [-0.2, 0) is 11.2 Å². The minimum atomic E-state index is -0.0432. The van der Waals surface area contributed by atoms with E-state index in [4.69, 9.17) is 23.2 Å². The molecular formula is C15H18Cl2N4OS. The number of carbonyl (C=O) groups is 1. The molecule has 1 aromatic carbocycles. The van der Waals surface area contributed by atoms with Crippen LogP contribution in [0.25, 0.3) is 0 Å². The average molecular weight is 373 g/mol. The van der Waals surface area contributed by atoms with Gasteiger partial charge in [-0.3, -0.25) is 4.79 Å². The summed E-state index contributed by atoms with van der Waals surface area (Å²) in [6.07, 6.45) is 2.34. The number of benzene rings is 1. The quantitative estimate of drug-likeness (QED) is 0.754. The first-order valence-corrected chi connectivity index (χ1v) is 8.94. The highest BCUT2D eigenvalue weighted by Crippen LogP contribution is 2.21. The number of thioether (sulfide) groups is 1. The first-order valence-electron chi connectivity index (χ1n) is 7.20. The first kappa shape index (κ1) is 18.1. The third-order valence-corrected chi connectivity index (χ3v) is 4.70. The number of carbonyl (C=O) groups excluding carboxylic acids is 1. The highest BCUT2D eigenvalue weighted by molar-refractivity contribution is 7.99. The fourth-order valence-corrected chi connectivity index (χ4v) is 3.31. The Kier molecular flexibility index (Phi) is 6.74. The lowest BCUT2D eigenvalue weighted by molar-refractivity contribution is -0.118. The van der Waals surface area contributed by atoms with E-state index >= 15 is 0 Å². The summed E-state index contributed by atoms with van der Waals surface area (Å²) < 4.78 is 1.94. The normalized spacial score (nSPS) is 11.0. The summed E-state index contributed by atoms with van der Waals surface area (Å²) in [7, 11) is 0. The molecule has 1 amide bonds. The molecule has 0 fully saturated rings. The van der Waals surface area contributed by atoms with Crippen LogP contribution in [0.4, 0.5) is 0 Å². The van der Waals surface area contributed by atoms with Gasteiger partial charge in [-0.05, 0) is 38.0 Å². The average Bonchev–Trinajstić information content (AvgIpc) is 2.96. The van der Waals surface area contributed by atoms with Gasteiger partial charge in [0.05, 0.1) is 5.75 Å². The molecule has 124 valence electrons. The first-order chi connectivity index (χ1) is 11.0. The SMILES string of the molecule is CC(C)n1cnnc1SCC(=O)NCCc1ccc(Cl)cc1Cl. The molecule has 8 heteroatoms. The van der Waals surface area contributed by atoms with Crippen LogP contribution in [0.5, 0.6) is 0 Å². The highest BCUT2D eigenvalue weighted by atomic mass is 35.5. The Balaban J connectivity index is 1.76. The predicted octanol–water partition coefficient (Wildman–Crippen LogP) is 3.62. The third kappa shape index (κ3) is 5.41. The summed E-state index contributed by atoms with van der Waals surface area (Å²) in [5, 5.41) is 12.7. The summed E-state index contributed by atoms with van der Waals surface area (Å²) in [6.45, 7) is 4.62. The number of halogens is 2. The van der Waals surface area contributed by atoms with Gasteiger partial charge in [0.25, 0.3) is 0 Å². The number of rotatable bonds is 7. The second-order valence-electron chi connectivity index (χ2n) is 5.24. The summed E-state index contributed by atoms with van der Waals surface area (Å²) in [6, 6.07) is 5.63. The lowest BCUT2D eigenvalue weighted by atomic mass is 10.1. The van der Waals surface area contributed by atoms with E-state index in [1.165, 1.54) is 11.8 Å². The van der Waals surface area contributed by atoms with Crippen molar-refractivity contribution in [3.63, 3.8) is 0 Å². The van der Waals surface area contributed by atoms with Gasteiger partial charge in [0.15, 0.2) is 5.16 Å². The maximum atomic E-state index is 11.9. The van der Waals surface area contributed by atoms with E-state index in [9.17, 15) is 4.79 Å². The Morgan fingerprint density at radius 1 is 1.39 bits per heavy atom. The number of hydrogen-bond donors (Lipinski definition) is 1. The second kappa shape index (κ2) is 8.57. The molecule has 0 atom stereocenters. The Morgan fingerprint density at radius 3 is 2.87 bits per heavy atom. The molecule has 1 N–H and O–H groups in total. The Morgan fingerprint density at radius 2 is 2.17 bits per heavy atom. The molecule has 0 saturated carbocycles. The zero-order valence-electron chi connectivity index (χ0n) is 12.9. The number of nitrogens with zero attached hydrogens (tertiary/aromatic N) is 3. The maximum Gasteiger partial charge on any atom is 0.230 e. The van der Waals surface area contributed by atoms with Gasteiger partial charge < -0.3 is 9.88 Å². The zero-order chi connectivity index (χ0) is 16.8. The third-order valence-electron chi connectivity index (χ3n) is 3.16. The summed E-state index contributed by atoms with van der Waals surface area (Å²) >= 11 is 13.3. The van der Waals surface area contributed by atoms with Crippen molar-refractivity contribution in [1.29, 1.82) is 0 Å². The van der Waals surface area contributed by atoms with Crippen molar-refractivity contribution < 1.29 is 4.79 Å². The fourth-order valence-electron chi connectivity index (χ4n) is 1.93. The smallest absolute Gasteiger partial charge is 0.230 e. The highest BCUT2D eigenvalue weighted by Gasteiger charge is 2.10. The van der Waals surface area contributed by atoms with Gasteiger partial charge in [-0.1, -0.05) is 41.0 Å². The van der Waals surface area contributed by atoms with Crippen molar-refractivity contribution in [1.82, 2.24) is 20.1 Å². The zero-order valence-corrected chi connectivity index (χ0v) is 15.3. The van der Waals surface area contributed by atoms with E-state index in [-0.39, 0.29) is 11.9 Å². The van der Waals surface area contributed by atoms with Crippen LogP contribution in [0.2, 0.25) is 10.0 Å². The van der Waals surface area contributed by atoms with Crippen LogP contribution in [0.15, 0.2) is 29.7 Å². The second-order valence-corrected chi connectivity index (χ2v) is 7.03. The van der Waals surface area contributed by atoms with E-state index in [0.29, 0.717) is 28.8 Å². The van der Waals surface area contributed by atoms with E-state index in [2.05, 4.69) is 15.5 Å². The largest absolute Gasteiger partial charge is 0.355 e. The molecule has 0 bridgehead atoms. The van der Waals surface area contributed by atoms with Gasteiger partial charge in [0.1, 0.15) is 6.33 Å². The Labute approximate surface area is 149 Å². The molecule has 0 saturated heterocycles. The van der Waals surface area contributed by atoms with Crippen molar-refractivity contribution in [2.24, 2.45) is 0 Å². The van der Waals surface area contributed by atoms with Crippen molar-refractivity contribution >= 4 is 40.9 Å². The summed E-state index contributed by atoms with van der Waals surface area (Å²) in [5.74, 6) is 0.262. The standard InChI is InChI=1S/C15H18Cl2N4OS/c1-10(2)21-9-19-20-15(21)23-8-14(22)18-6-5-11-3-4-12(16)7-13(11)17/h3-4,7,9-10H,5-6,8H2,1-2H3,(H,18,22). The van der Waals surface area contributed by atoms with Crippen LogP contribution in [0, 0.1) is 0 Å². The van der Waals surface area contributed by atoms with Crippen LogP contribution in [0.3, 0.4) is 0 Å². The van der Waals surface area contributed by atoms with Crippen LogP contribution in [0.1, 0.15) is 25.5 Å². The molecule has 0 aliphatic rings. The van der Waals surface area contributed by atoms with Crippen molar-refractivity contribution in [2.45, 2.75) is 31.5 Å². The molecule has 0 aliphatic carbocycles. The summed E-state index contributed by atoms with van der Waals surface area (Å²) in [5.41, 5.74) is 0.962. The van der Waals surface area contributed by atoms with Gasteiger partial charge in [-0.25, -0.2) is 0 Å². The fraction of sp³-hybridized carbons (Fsp3) is 0.400. The Hall–Kier alpha value is -1.24. The monoisotopic (exact) mass is 372 g/mol. The lowest BCUT2D eigenvalue weighted by Gasteiger charge is -2.09. The van der Waals surface area contributed by atoms with Crippen LogP contribution < -0.4 is 5.32 Å². The minimum absolute atomic E-state index is 0.0432. The molecule has 0 unspecified atom stereocenters. The van der Waals surface area contributed by atoms with Gasteiger partial charge in [0, 0.05) is 22.6 Å². The number of hydrogen-bond acceptors (Lipinski definition) is 4. The lowest BCUT2D eigenvalue weighted by Crippen LogP contribution is -2.27. The molecule has 2 aromatic rings. The topological polar surface area (TPSA) is 59.8 Å². The number of aromatic nitrogens is 3. The molecule has 0 aliphatic heterocycles.